The van der Waals surface area contributed by atoms with Gasteiger partial charge in [-0.25, -0.2) is 0 Å². The molecule has 0 bridgehead atoms. The normalized spacial score (nSPS) is 23.2. The highest BCUT2D eigenvalue weighted by molar-refractivity contribution is 6.30. The second-order valence-electron chi connectivity index (χ2n) is 7.84. The standard InChI is InChI=1S/C22H24ClN3O2/c23-15-5-7-16(8-6-15)28-12-2-10-25-11-9-20-18(13-25)17-3-1-4-19-22(17)26(20)14-21(27)24-19/h1,3-8,18,20H,2,9-14H2,(H,24,27)/t18-,20-/m0/s1. The topological polar surface area (TPSA) is 44.8 Å². The Hall–Kier alpha value is -2.24. The third kappa shape index (κ3) is 3.23. The van der Waals surface area contributed by atoms with Gasteiger partial charge in [0.05, 0.1) is 24.5 Å². The van der Waals surface area contributed by atoms with Crippen LogP contribution in [0, 0.1) is 0 Å². The van der Waals surface area contributed by atoms with Crippen LogP contribution in [-0.2, 0) is 4.79 Å². The maximum atomic E-state index is 12.1. The maximum Gasteiger partial charge on any atom is 0.243 e. The van der Waals surface area contributed by atoms with Gasteiger partial charge in [0.2, 0.25) is 5.91 Å². The van der Waals surface area contributed by atoms with Gasteiger partial charge >= 0.3 is 0 Å². The van der Waals surface area contributed by atoms with Crippen LogP contribution < -0.4 is 15.0 Å². The minimum absolute atomic E-state index is 0.104. The molecule has 2 aromatic carbocycles. The molecule has 5 nitrogen and oxygen atoms in total. The number of benzene rings is 2. The van der Waals surface area contributed by atoms with Crippen molar-refractivity contribution in [1.82, 2.24) is 4.90 Å². The number of rotatable bonds is 5. The van der Waals surface area contributed by atoms with E-state index in [-0.39, 0.29) is 5.91 Å². The number of likely N-dealkylation sites (tertiary alicyclic amines) is 1. The number of para-hydroxylation sites is 1. The first-order chi connectivity index (χ1) is 13.7. The lowest BCUT2D eigenvalue weighted by Crippen LogP contribution is -2.49. The molecule has 5 rings (SSSR count). The summed E-state index contributed by atoms with van der Waals surface area (Å²) in [4.78, 5) is 17.0. The van der Waals surface area contributed by atoms with E-state index in [1.54, 1.807) is 0 Å². The van der Waals surface area contributed by atoms with Gasteiger partial charge < -0.3 is 19.9 Å². The van der Waals surface area contributed by atoms with Crippen molar-refractivity contribution in [2.75, 3.05) is 43.0 Å². The molecule has 2 aromatic rings. The summed E-state index contributed by atoms with van der Waals surface area (Å²) in [6, 6.07) is 14.3. The summed E-state index contributed by atoms with van der Waals surface area (Å²) >= 11 is 5.91. The van der Waals surface area contributed by atoms with Crippen molar-refractivity contribution in [2.45, 2.75) is 24.8 Å². The largest absolute Gasteiger partial charge is 0.494 e. The molecular weight excluding hydrogens is 374 g/mol. The van der Waals surface area contributed by atoms with Crippen molar-refractivity contribution in [3.05, 3.63) is 53.1 Å². The average molecular weight is 398 g/mol. The second kappa shape index (κ2) is 7.30. The number of hydrogen-bond acceptors (Lipinski definition) is 4. The van der Waals surface area contributed by atoms with E-state index >= 15 is 0 Å². The van der Waals surface area contributed by atoms with E-state index in [2.05, 4.69) is 27.2 Å². The van der Waals surface area contributed by atoms with E-state index in [1.165, 1.54) is 11.3 Å². The Morgan fingerprint density at radius 2 is 2.04 bits per heavy atom. The van der Waals surface area contributed by atoms with Gasteiger partial charge in [0, 0.05) is 36.6 Å². The molecule has 146 valence electrons. The predicted octanol–water partition coefficient (Wildman–Crippen LogP) is 3.74. The summed E-state index contributed by atoms with van der Waals surface area (Å²) in [5, 5.41) is 3.76. The van der Waals surface area contributed by atoms with Crippen LogP contribution in [0.2, 0.25) is 5.02 Å². The van der Waals surface area contributed by atoms with Crippen molar-refractivity contribution in [3.63, 3.8) is 0 Å². The number of nitrogens with one attached hydrogen (secondary N) is 1. The number of nitrogens with zero attached hydrogens (tertiary/aromatic N) is 2. The van der Waals surface area contributed by atoms with Gasteiger partial charge in [-0.05, 0) is 48.7 Å². The Bertz CT molecular complexity index is 886. The molecule has 0 radical (unpaired) electrons. The molecule has 6 heteroatoms. The summed E-state index contributed by atoms with van der Waals surface area (Å²) in [6.45, 7) is 4.34. The van der Waals surface area contributed by atoms with E-state index in [9.17, 15) is 4.79 Å². The number of carbonyl (C=O) groups is 1. The second-order valence-corrected chi connectivity index (χ2v) is 8.27. The number of amides is 1. The third-order valence-corrected chi connectivity index (χ3v) is 6.36. The fourth-order valence-corrected chi connectivity index (χ4v) is 5.01. The van der Waals surface area contributed by atoms with Crippen LogP contribution in [0.15, 0.2) is 42.5 Å². The van der Waals surface area contributed by atoms with Crippen LogP contribution >= 0.6 is 11.6 Å². The van der Waals surface area contributed by atoms with Gasteiger partial charge in [-0.1, -0.05) is 23.7 Å². The molecule has 3 heterocycles. The summed E-state index contributed by atoms with van der Waals surface area (Å²) in [7, 11) is 0. The van der Waals surface area contributed by atoms with Crippen molar-refractivity contribution in [1.29, 1.82) is 0 Å². The maximum absolute atomic E-state index is 12.1. The Kier molecular flexibility index (Phi) is 4.65. The molecule has 28 heavy (non-hydrogen) atoms. The Morgan fingerprint density at radius 3 is 2.89 bits per heavy atom. The van der Waals surface area contributed by atoms with Gasteiger partial charge in [0.25, 0.3) is 0 Å². The molecule has 1 N–H and O–H groups in total. The quantitative estimate of drug-likeness (QED) is 0.780. The summed E-state index contributed by atoms with van der Waals surface area (Å²) in [5.74, 6) is 1.45. The minimum atomic E-state index is 0.104. The summed E-state index contributed by atoms with van der Waals surface area (Å²) in [6.07, 6.45) is 2.10. The van der Waals surface area contributed by atoms with Gasteiger partial charge in [0.15, 0.2) is 0 Å². The Balaban J connectivity index is 1.20. The lowest BCUT2D eigenvalue weighted by atomic mass is 9.89. The van der Waals surface area contributed by atoms with E-state index in [1.807, 2.05) is 30.3 Å². The third-order valence-electron chi connectivity index (χ3n) is 6.10. The zero-order valence-corrected chi connectivity index (χ0v) is 16.5. The van der Waals surface area contributed by atoms with Crippen LogP contribution in [0.5, 0.6) is 5.75 Å². The van der Waals surface area contributed by atoms with E-state index in [0.29, 0.717) is 25.1 Å². The highest BCUT2D eigenvalue weighted by Gasteiger charge is 2.44. The first-order valence-electron chi connectivity index (χ1n) is 9.99. The highest BCUT2D eigenvalue weighted by atomic mass is 35.5. The monoisotopic (exact) mass is 397 g/mol. The first kappa shape index (κ1) is 17.8. The van der Waals surface area contributed by atoms with E-state index < -0.39 is 0 Å². The van der Waals surface area contributed by atoms with Crippen LogP contribution in [0.4, 0.5) is 11.4 Å². The molecule has 0 spiro atoms. The minimum Gasteiger partial charge on any atom is -0.494 e. The molecule has 3 aliphatic rings. The van der Waals surface area contributed by atoms with Crippen LogP contribution in [0.25, 0.3) is 0 Å². The zero-order chi connectivity index (χ0) is 19.1. The predicted molar refractivity (Wildman–Crippen MR) is 112 cm³/mol. The summed E-state index contributed by atoms with van der Waals surface area (Å²) in [5.41, 5.74) is 3.63. The molecule has 2 atom stereocenters. The number of ether oxygens (including phenoxy) is 1. The van der Waals surface area contributed by atoms with Gasteiger partial charge in [-0.3, -0.25) is 4.79 Å². The van der Waals surface area contributed by atoms with Crippen molar-refractivity contribution in [2.24, 2.45) is 0 Å². The Labute approximate surface area is 170 Å². The Morgan fingerprint density at radius 1 is 1.18 bits per heavy atom. The molecule has 0 unspecified atom stereocenters. The zero-order valence-electron chi connectivity index (χ0n) is 15.7. The molecule has 0 aromatic heterocycles. The average Bonchev–Trinajstić information content (AvgIpc) is 3.01. The SMILES string of the molecule is O=C1CN2c3c(cccc3[C@@H]3CN(CCCOc4ccc(Cl)cc4)CC[C@@H]32)N1. The van der Waals surface area contributed by atoms with Crippen molar-refractivity contribution in [3.8, 4) is 5.75 Å². The molecule has 1 fully saturated rings. The fourth-order valence-electron chi connectivity index (χ4n) is 4.89. The number of halogens is 1. The fraction of sp³-hybridized carbons (Fsp3) is 0.409. The molecular formula is C22H24ClN3O2. The summed E-state index contributed by atoms with van der Waals surface area (Å²) < 4.78 is 5.83. The van der Waals surface area contributed by atoms with Crippen LogP contribution in [0.3, 0.4) is 0 Å². The van der Waals surface area contributed by atoms with Gasteiger partial charge in [-0.2, -0.15) is 0 Å². The van der Waals surface area contributed by atoms with Gasteiger partial charge in [-0.15, -0.1) is 0 Å². The number of anilines is 2. The molecule has 0 saturated carbocycles. The number of carbonyl (C=O) groups excluding carboxylic acids is 1. The van der Waals surface area contributed by atoms with Crippen LogP contribution in [-0.4, -0.2) is 49.6 Å². The number of fused-ring (bicyclic) bond motifs is 3. The van der Waals surface area contributed by atoms with Crippen molar-refractivity contribution < 1.29 is 9.53 Å². The van der Waals surface area contributed by atoms with E-state index in [4.69, 9.17) is 16.3 Å². The lowest BCUT2D eigenvalue weighted by molar-refractivity contribution is -0.115. The smallest absolute Gasteiger partial charge is 0.243 e. The highest BCUT2D eigenvalue weighted by Crippen LogP contribution is 2.49. The number of piperidine rings is 1. The van der Waals surface area contributed by atoms with Crippen LogP contribution in [0.1, 0.15) is 24.3 Å². The van der Waals surface area contributed by atoms with Gasteiger partial charge in [0.1, 0.15) is 5.75 Å². The molecule has 0 aliphatic carbocycles. The van der Waals surface area contributed by atoms with E-state index in [0.717, 1.165) is 48.9 Å². The lowest BCUT2D eigenvalue weighted by Gasteiger charge is -2.39. The van der Waals surface area contributed by atoms with Crippen molar-refractivity contribution >= 4 is 28.9 Å². The molecule has 3 aliphatic heterocycles. The molecule has 1 saturated heterocycles. The molecule has 1 amide bonds. The first-order valence-corrected chi connectivity index (χ1v) is 10.4. The number of hydrogen-bond donors (Lipinski definition) is 1.